The van der Waals surface area contributed by atoms with Crippen LogP contribution in [0.25, 0.3) is 0 Å². The van der Waals surface area contributed by atoms with E-state index in [1.165, 1.54) is 5.56 Å². The summed E-state index contributed by atoms with van der Waals surface area (Å²) < 4.78 is 0. The predicted octanol–water partition coefficient (Wildman–Crippen LogP) is 0.677. The summed E-state index contributed by atoms with van der Waals surface area (Å²) in [7, 11) is 0. The van der Waals surface area contributed by atoms with Crippen LogP contribution >= 0.6 is 0 Å². The number of nitrogens with one attached hydrogen (secondary N) is 1. The van der Waals surface area contributed by atoms with E-state index in [9.17, 15) is 9.90 Å². The second-order valence-electron chi connectivity index (χ2n) is 6.63. The number of carbonyl (C=O) groups is 1. The van der Waals surface area contributed by atoms with Crippen LogP contribution in [0, 0.1) is 0 Å². The highest BCUT2D eigenvalue weighted by Crippen LogP contribution is 2.31. The molecule has 2 N–H and O–H groups in total. The third-order valence-corrected chi connectivity index (χ3v) is 4.99. The van der Waals surface area contributed by atoms with Crippen molar-refractivity contribution in [2.45, 2.75) is 24.9 Å². The van der Waals surface area contributed by atoms with Gasteiger partial charge in [0.2, 0.25) is 5.91 Å². The van der Waals surface area contributed by atoms with Crippen LogP contribution in [0.3, 0.4) is 0 Å². The molecule has 7 nitrogen and oxygen atoms in total. The molecular formula is C17H21N5O2. The number of anilines is 1. The SMILES string of the molecule is O=C(CN1CCC[C@@](O)(c2cn[nH]n2)C1)N1CCc2ccccc21. The molecule has 0 spiro atoms. The Morgan fingerprint density at radius 2 is 2.21 bits per heavy atom. The molecule has 3 heterocycles. The fourth-order valence-electron chi connectivity index (χ4n) is 3.77. The van der Waals surface area contributed by atoms with Gasteiger partial charge < -0.3 is 10.0 Å². The normalized spacial score (nSPS) is 24.1. The molecule has 24 heavy (non-hydrogen) atoms. The number of likely N-dealkylation sites (tertiary alicyclic amines) is 1. The van der Waals surface area contributed by atoms with Gasteiger partial charge in [0, 0.05) is 18.8 Å². The van der Waals surface area contributed by atoms with Gasteiger partial charge in [-0.25, -0.2) is 0 Å². The van der Waals surface area contributed by atoms with E-state index >= 15 is 0 Å². The highest BCUT2D eigenvalue weighted by Gasteiger charge is 2.38. The van der Waals surface area contributed by atoms with Gasteiger partial charge in [0.15, 0.2) is 0 Å². The number of carbonyl (C=O) groups excluding carboxylic acids is 1. The molecule has 1 fully saturated rings. The number of benzene rings is 1. The van der Waals surface area contributed by atoms with Crippen molar-refractivity contribution < 1.29 is 9.90 Å². The molecule has 2 aliphatic heterocycles. The Balaban J connectivity index is 1.45. The van der Waals surface area contributed by atoms with E-state index in [-0.39, 0.29) is 5.91 Å². The molecule has 2 aliphatic rings. The third-order valence-electron chi connectivity index (χ3n) is 4.99. The summed E-state index contributed by atoms with van der Waals surface area (Å²) in [5.41, 5.74) is 1.76. The Morgan fingerprint density at radius 1 is 1.33 bits per heavy atom. The number of hydrogen-bond acceptors (Lipinski definition) is 5. The van der Waals surface area contributed by atoms with Crippen molar-refractivity contribution in [1.82, 2.24) is 20.3 Å². The van der Waals surface area contributed by atoms with Gasteiger partial charge in [-0.15, -0.1) is 0 Å². The lowest BCUT2D eigenvalue weighted by Gasteiger charge is -2.38. The standard InChI is InChI=1S/C17H21N5O2/c23-16(22-9-6-13-4-1-2-5-14(13)22)11-21-8-3-7-17(24,12-21)15-10-18-20-19-15/h1-2,4-5,10,24H,3,6-9,11-12H2,(H,18,19,20)/t17-/m0/s1. The van der Waals surface area contributed by atoms with E-state index in [0.29, 0.717) is 25.2 Å². The first-order valence-electron chi connectivity index (χ1n) is 8.35. The zero-order valence-corrected chi connectivity index (χ0v) is 13.5. The Morgan fingerprint density at radius 3 is 3.04 bits per heavy atom. The van der Waals surface area contributed by atoms with Crippen LogP contribution < -0.4 is 4.90 Å². The lowest BCUT2D eigenvalue weighted by atomic mass is 9.90. The minimum atomic E-state index is -1.03. The first-order valence-corrected chi connectivity index (χ1v) is 8.35. The third kappa shape index (κ3) is 2.70. The van der Waals surface area contributed by atoms with Crippen molar-refractivity contribution in [3.05, 3.63) is 41.7 Å². The number of amides is 1. The fourth-order valence-corrected chi connectivity index (χ4v) is 3.77. The molecule has 0 bridgehead atoms. The molecule has 1 atom stereocenters. The van der Waals surface area contributed by atoms with E-state index < -0.39 is 5.60 Å². The van der Waals surface area contributed by atoms with E-state index in [1.54, 1.807) is 6.20 Å². The van der Waals surface area contributed by atoms with Gasteiger partial charge in [-0.2, -0.15) is 15.4 Å². The molecule has 1 amide bonds. The lowest BCUT2D eigenvalue weighted by Crippen LogP contribution is -2.50. The van der Waals surface area contributed by atoms with Crippen LogP contribution in [0.4, 0.5) is 5.69 Å². The Kier molecular flexibility index (Phi) is 3.82. The maximum atomic E-state index is 12.7. The van der Waals surface area contributed by atoms with Gasteiger partial charge in [0.1, 0.15) is 11.3 Å². The molecule has 7 heteroatoms. The zero-order chi connectivity index (χ0) is 16.6. The van der Waals surface area contributed by atoms with Crippen LogP contribution in [-0.2, 0) is 16.8 Å². The molecule has 2 aromatic rings. The summed E-state index contributed by atoms with van der Waals surface area (Å²) in [6.45, 7) is 2.26. The van der Waals surface area contributed by atoms with Gasteiger partial charge >= 0.3 is 0 Å². The number of nitrogens with zero attached hydrogens (tertiary/aromatic N) is 4. The average Bonchev–Trinajstić information content (AvgIpc) is 3.25. The summed E-state index contributed by atoms with van der Waals surface area (Å²) in [6, 6.07) is 8.05. The molecule has 1 aromatic heterocycles. The Bertz CT molecular complexity index is 732. The number of rotatable bonds is 3. The van der Waals surface area contributed by atoms with Crippen molar-refractivity contribution in [3.63, 3.8) is 0 Å². The Labute approximate surface area is 140 Å². The molecular weight excluding hydrogens is 306 g/mol. The summed E-state index contributed by atoms with van der Waals surface area (Å²) in [4.78, 5) is 16.6. The minimum absolute atomic E-state index is 0.0874. The van der Waals surface area contributed by atoms with Crippen molar-refractivity contribution in [3.8, 4) is 0 Å². The largest absolute Gasteiger partial charge is 0.382 e. The van der Waals surface area contributed by atoms with Crippen LogP contribution in [-0.4, -0.2) is 57.5 Å². The molecule has 126 valence electrons. The van der Waals surface area contributed by atoms with E-state index in [0.717, 1.165) is 31.6 Å². The maximum absolute atomic E-state index is 12.7. The van der Waals surface area contributed by atoms with E-state index in [2.05, 4.69) is 21.5 Å². The smallest absolute Gasteiger partial charge is 0.241 e. The Hall–Kier alpha value is -2.25. The summed E-state index contributed by atoms with van der Waals surface area (Å²) in [5, 5.41) is 21.2. The monoisotopic (exact) mass is 327 g/mol. The lowest BCUT2D eigenvalue weighted by molar-refractivity contribution is -0.121. The first kappa shape index (κ1) is 15.3. The van der Waals surface area contributed by atoms with Crippen LogP contribution in [0.2, 0.25) is 0 Å². The van der Waals surface area contributed by atoms with Gasteiger partial charge in [0.05, 0.1) is 12.7 Å². The van der Waals surface area contributed by atoms with Gasteiger partial charge in [-0.1, -0.05) is 18.2 Å². The molecule has 0 saturated carbocycles. The van der Waals surface area contributed by atoms with Gasteiger partial charge in [0.25, 0.3) is 0 Å². The van der Waals surface area contributed by atoms with Crippen LogP contribution in [0.5, 0.6) is 0 Å². The topological polar surface area (TPSA) is 85.3 Å². The molecule has 1 aromatic carbocycles. The highest BCUT2D eigenvalue weighted by molar-refractivity contribution is 5.96. The van der Waals surface area contributed by atoms with Crippen LogP contribution in [0.1, 0.15) is 24.1 Å². The quantitative estimate of drug-likeness (QED) is 0.866. The molecule has 0 aliphatic carbocycles. The number of aliphatic hydroxyl groups is 1. The molecule has 4 rings (SSSR count). The number of H-pyrrole nitrogens is 1. The number of hydrogen-bond donors (Lipinski definition) is 2. The van der Waals surface area contributed by atoms with Crippen molar-refractivity contribution in [2.24, 2.45) is 0 Å². The zero-order valence-electron chi connectivity index (χ0n) is 13.5. The van der Waals surface area contributed by atoms with Crippen molar-refractivity contribution in [1.29, 1.82) is 0 Å². The van der Waals surface area contributed by atoms with Gasteiger partial charge in [-0.3, -0.25) is 9.69 Å². The second-order valence-corrected chi connectivity index (χ2v) is 6.63. The summed E-state index contributed by atoms with van der Waals surface area (Å²) in [5.74, 6) is 0.0874. The molecule has 1 saturated heterocycles. The summed E-state index contributed by atoms with van der Waals surface area (Å²) in [6.07, 6.45) is 3.93. The number of aromatic nitrogens is 3. The summed E-state index contributed by atoms with van der Waals surface area (Å²) >= 11 is 0. The molecule has 0 radical (unpaired) electrons. The maximum Gasteiger partial charge on any atom is 0.241 e. The van der Waals surface area contributed by atoms with Crippen LogP contribution in [0.15, 0.2) is 30.5 Å². The number of piperidine rings is 1. The molecule has 0 unspecified atom stereocenters. The van der Waals surface area contributed by atoms with Crippen molar-refractivity contribution >= 4 is 11.6 Å². The van der Waals surface area contributed by atoms with E-state index in [4.69, 9.17) is 0 Å². The first-order chi connectivity index (χ1) is 11.7. The fraction of sp³-hybridized carbons (Fsp3) is 0.471. The average molecular weight is 327 g/mol. The minimum Gasteiger partial charge on any atom is -0.382 e. The number of fused-ring (bicyclic) bond motifs is 1. The number of aromatic amines is 1. The van der Waals surface area contributed by atoms with Crippen molar-refractivity contribution in [2.75, 3.05) is 31.1 Å². The number of para-hydroxylation sites is 1. The predicted molar refractivity (Wildman–Crippen MR) is 88.5 cm³/mol. The van der Waals surface area contributed by atoms with Gasteiger partial charge in [-0.05, 0) is 37.4 Å². The highest BCUT2D eigenvalue weighted by atomic mass is 16.3. The second kappa shape index (κ2) is 5.99. The number of β-amino-alcohol motifs (C(OH)–C–C–N with tert-alkyl or cyclic N) is 1. The van der Waals surface area contributed by atoms with E-state index in [1.807, 2.05) is 28.0 Å².